The van der Waals surface area contributed by atoms with Crippen molar-refractivity contribution in [3.05, 3.63) is 43.8 Å². The van der Waals surface area contributed by atoms with Gasteiger partial charge >= 0.3 is 0 Å². The van der Waals surface area contributed by atoms with Crippen LogP contribution in [0.4, 0.5) is 0 Å². The highest BCUT2D eigenvalue weighted by atomic mass is 35.5. The minimum Gasteiger partial charge on any atom is -0.326 e. The largest absolute Gasteiger partial charge is 0.326 e. The lowest BCUT2D eigenvalue weighted by atomic mass is 10.2. The number of aryl methyl sites for hydroxylation is 1. The molecule has 2 rings (SSSR count). The molecule has 1 aromatic heterocycles. The van der Waals surface area contributed by atoms with Gasteiger partial charge in [-0.25, -0.2) is 18.1 Å². The highest BCUT2D eigenvalue weighted by Crippen LogP contribution is 2.28. The van der Waals surface area contributed by atoms with Crippen molar-refractivity contribution in [1.29, 1.82) is 0 Å². The second-order valence-electron chi connectivity index (χ2n) is 4.26. The maximum Gasteiger partial charge on any atom is 0.242 e. The molecule has 2 aromatic rings. The maximum absolute atomic E-state index is 12.3. The van der Waals surface area contributed by atoms with E-state index in [1.165, 1.54) is 23.5 Å². The number of hydrogen-bond donors (Lipinski definition) is 2. The van der Waals surface area contributed by atoms with E-state index in [2.05, 4.69) is 9.71 Å². The number of benzene rings is 1. The third-order valence-corrected chi connectivity index (χ3v) is 6.03. The molecular formula is C12H13Cl2N3O2S2. The van der Waals surface area contributed by atoms with Gasteiger partial charge in [0, 0.05) is 23.0 Å². The number of halogens is 2. The van der Waals surface area contributed by atoms with E-state index in [0.29, 0.717) is 10.6 Å². The number of nitrogens with one attached hydrogen (secondary N) is 1. The zero-order valence-electron chi connectivity index (χ0n) is 11.1. The number of thiazole rings is 1. The molecule has 0 aliphatic heterocycles. The quantitative estimate of drug-likeness (QED) is 0.852. The smallest absolute Gasteiger partial charge is 0.242 e. The molecule has 0 fully saturated rings. The molecule has 114 valence electrons. The molecule has 0 aliphatic rings. The fourth-order valence-corrected chi connectivity index (χ4v) is 4.34. The normalized spacial score (nSPS) is 11.8. The summed E-state index contributed by atoms with van der Waals surface area (Å²) in [6.45, 7) is 2.12. The third kappa shape index (κ3) is 3.74. The van der Waals surface area contributed by atoms with Crippen LogP contribution in [0.25, 0.3) is 0 Å². The van der Waals surface area contributed by atoms with E-state index in [4.69, 9.17) is 28.9 Å². The molecule has 0 bridgehead atoms. The van der Waals surface area contributed by atoms with Crippen molar-refractivity contribution < 1.29 is 8.42 Å². The van der Waals surface area contributed by atoms with Gasteiger partial charge in [-0.2, -0.15) is 0 Å². The predicted molar refractivity (Wildman–Crippen MR) is 85.2 cm³/mol. The van der Waals surface area contributed by atoms with E-state index in [-0.39, 0.29) is 23.0 Å². The Morgan fingerprint density at radius 3 is 2.62 bits per heavy atom. The summed E-state index contributed by atoms with van der Waals surface area (Å²) in [5.74, 6) is 0. The number of rotatable bonds is 5. The Morgan fingerprint density at radius 1 is 1.33 bits per heavy atom. The lowest BCUT2D eigenvalue weighted by Gasteiger charge is -2.10. The highest BCUT2D eigenvalue weighted by molar-refractivity contribution is 7.89. The summed E-state index contributed by atoms with van der Waals surface area (Å²) in [6, 6.07) is 2.78. The van der Waals surface area contributed by atoms with Crippen molar-refractivity contribution in [2.24, 2.45) is 5.73 Å². The minimum atomic E-state index is -3.75. The topological polar surface area (TPSA) is 85.1 Å². The van der Waals surface area contributed by atoms with Gasteiger partial charge in [-0.1, -0.05) is 23.2 Å². The summed E-state index contributed by atoms with van der Waals surface area (Å²) in [6.07, 6.45) is 0. The second-order valence-corrected chi connectivity index (χ2v) is 7.75. The number of hydrogen-bond acceptors (Lipinski definition) is 5. The Balaban J connectivity index is 2.29. The van der Waals surface area contributed by atoms with Gasteiger partial charge in [0.15, 0.2) is 0 Å². The van der Waals surface area contributed by atoms with Crippen molar-refractivity contribution in [3.63, 3.8) is 0 Å². The predicted octanol–water partition coefficient (Wildman–Crippen LogP) is 2.70. The minimum absolute atomic E-state index is 0.0313. The molecule has 0 aliphatic carbocycles. The number of nitrogens with zero attached hydrogens (tertiary/aromatic N) is 1. The molecule has 0 saturated carbocycles. The molecule has 9 heteroatoms. The summed E-state index contributed by atoms with van der Waals surface area (Å²) in [4.78, 5) is 4.89. The van der Waals surface area contributed by atoms with Gasteiger partial charge < -0.3 is 5.73 Å². The first kappa shape index (κ1) is 16.7. The molecule has 1 aromatic carbocycles. The summed E-state index contributed by atoms with van der Waals surface area (Å²) >= 11 is 13.3. The first-order valence-corrected chi connectivity index (χ1v) is 9.03. The summed E-state index contributed by atoms with van der Waals surface area (Å²) in [5, 5.41) is 0.408. The molecule has 3 N–H and O–H groups in total. The Hall–Kier alpha value is -0.700. The van der Waals surface area contributed by atoms with Gasteiger partial charge in [-0.05, 0) is 24.6 Å². The van der Waals surface area contributed by atoms with Gasteiger partial charge in [0.1, 0.15) is 4.90 Å². The zero-order chi connectivity index (χ0) is 15.6. The molecule has 0 amide bonds. The van der Waals surface area contributed by atoms with Gasteiger partial charge in [0.05, 0.1) is 16.2 Å². The Morgan fingerprint density at radius 2 is 2.05 bits per heavy atom. The first-order valence-electron chi connectivity index (χ1n) is 5.91. The van der Waals surface area contributed by atoms with E-state index in [1.54, 1.807) is 5.51 Å². The summed E-state index contributed by atoms with van der Waals surface area (Å²) < 4.78 is 27.2. The van der Waals surface area contributed by atoms with Crippen LogP contribution in [0.1, 0.15) is 16.1 Å². The van der Waals surface area contributed by atoms with Gasteiger partial charge in [0.2, 0.25) is 10.0 Å². The van der Waals surface area contributed by atoms with Crippen molar-refractivity contribution in [2.75, 3.05) is 0 Å². The number of aromatic nitrogens is 1. The molecule has 0 unspecified atom stereocenters. The van der Waals surface area contributed by atoms with Crippen molar-refractivity contribution in [2.45, 2.75) is 24.9 Å². The Kier molecular flexibility index (Phi) is 5.24. The lowest BCUT2D eigenvalue weighted by molar-refractivity contribution is 0.581. The van der Waals surface area contributed by atoms with Gasteiger partial charge in [-0.15, -0.1) is 11.3 Å². The molecule has 0 saturated heterocycles. The Bertz CT molecular complexity index is 760. The van der Waals surface area contributed by atoms with Crippen LogP contribution in [0.2, 0.25) is 10.0 Å². The van der Waals surface area contributed by atoms with Crippen LogP contribution in [0.3, 0.4) is 0 Å². The molecular weight excluding hydrogens is 353 g/mol. The van der Waals surface area contributed by atoms with Crippen molar-refractivity contribution in [1.82, 2.24) is 9.71 Å². The average molecular weight is 366 g/mol. The van der Waals surface area contributed by atoms with Crippen LogP contribution in [-0.4, -0.2) is 13.4 Å². The van der Waals surface area contributed by atoms with E-state index >= 15 is 0 Å². The third-order valence-electron chi connectivity index (χ3n) is 2.88. The van der Waals surface area contributed by atoms with Crippen molar-refractivity contribution >= 4 is 44.6 Å². The SMILES string of the molecule is Cc1ncsc1CNS(=O)(=O)c1cc(CN)c(Cl)cc1Cl. The molecule has 0 atom stereocenters. The van der Waals surface area contributed by atoms with Crippen LogP contribution in [0.5, 0.6) is 0 Å². The monoisotopic (exact) mass is 365 g/mol. The van der Waals surface area contributed by atoms with Crippen molar-refractivity contribution in [3.8, 4) is 0 Å². The fraction of sp³-hybridized carbons (Fsp3) is 0.250. The maximum atomic E-state index is 12.3. The van der Waals surface area contributed by atoms with Crippen LogP contribution < -0.4 is 10.5 Å². The molecule has 5 nitrogen and oxygen atoms in total. The fourth-order valence-electron chi connectivity index (χ4n) is 1.67. The zero-order valence-corrected chi connectivity index (χ0v) is 14.2. The highest BCUT2D eigenvalue weighted by Gasteiger charge is 2.20. The molecule has 0 radical (unpaired) electrons. The van der Waals surface area contributed by atoms with Crippen LogP contribution in [-0.2, 0) is 23.1 Å². The van der Waals surface area contributed by atoms with Crippen LogP contribution in [0, 0.1) is 6.92 Å². The van der Waals surface area contributed by atoms with E-state index < -0.39 is 10.0 Å². The van der Waals surface area contributed by atoms with Gasteiger partial charge in [-0.3, -0.25) is 0 Å². The van der Waals surface area contributed by atoms with Crippen LogP contribution >= 0.6 is 34.5 Å². The molecule has 1 heterocycles. The van der Waals surface area contributed by atoms with E-state index in [0.717, 1.165) is 10.6 Å². The molecule has 0 spiro atoms. The standard InChI is InChI=1S/C12H13Cl2N3O2S2/c1-7-11(20-6-16-7)5-17-21(18,19)12-2-8(4-15)9(13)3-10(12)14/h2-3,6,17H,4-5,15H2,1H3. The first-order chi connectivity index (χ1) is 9.85. The lowest BCUT2D eigenvalue weighted by Crippen LogP contribution is -2.23. The van der Waals surface area contributed by atoms with E-state index in [1.807, 2.05) is 6.92 Å². The van der Waals surface area contributed by atoms with E-state index in [9.17, 15) is 8.42 Å². The molecule has 21 heavy (non-hydrogen) atoms. The van der Waals surface area contributed by atoms with Crippen LogP contribution in [0.15, 0.2) is 22.5 Å². The average Bonchev–Trinajstić information content (AvgIpc) is 2.82. The summed E-state index contributed by atoms with van der Waals surface area (Å²) in [7, 11) is -3.75. The summed E-state index contributed by atoms with van der Waals surface area (Å²) in [5.41, 5.74) is 8.52. The number of sulfonamides is 1. The van der Waals surface area contributed by atoms with Gasteiger partial charge in [0.25, 0.3) is 0 Å². The second kappa shape index (κ2) is 6.60. The number of nitrogens with two attached hydrogens (primary N) is 1. The Labute approximate surface area is 137 Å².